The lowest BCUT2D eigenvalue weighted by Gasteiger charge is -2.36. The van der Waals surface area contributed by atoms with Gasteiger partial charge < -0.3 is 15.2 Å². The Morgan fingerprint density at radius 2 is 1.97 bits per heavy atom. The van der Waals surface area contributed by atoms with E-state index in [2.05, 4.69) is 15.0 Å². The second kappa shape index (κ2) is 10.1. The largest absolute Gasteiger partial charge is 0.394 e. The van der Waals surface area contributed by atoms with Crippen LogP contribution < -0.4 is 10.0 Å². The average molecular weight is 437 g/mol. The van der Waals surface area contributed by atoms with Crippen molar-refractivity contribution >= 4 is 15.9 Å². The number of carbonyl (C=O) groups excluding carboxylic acids is 1. The maximum Gasteiger partial charge on any atom is 0.270 e. The predicted molar refractivity (Wildman–Crippen MR) is 107 cm³/mol. The molecule has 0 aliphatic carbocycles. The zero-order chi connectivity index (χ0) is 21.6. The van der Waals surface area contributed by atoms with Gasteiger partial charge in [-0.2, -0.15) is 0 Å². The lowest BCUT2D eigenvalue weighted by Crippen LogP contribution is -2.51. The molecule has 1 saturated heterocycles. The fraction of sp³-hybridized carbons (Fsp3) is 0.400. The summed E-state index contributed by atoms with van der Waals surface area (Å²) in [5, 5.41) is 12.5. The fourth-order valence-electron chi connectivity index (χ4n) is 3.30. The van der Waals surface area contributed by atoms with Crippen molar-refractivity contribution in [1.82, 2.24) is 15.0 Å². The van der Waals surface area contributed by atoms with Gasteiger partial charge in [-0.15, -0.1) is 0 Å². The summed E-state index contributed by atoms with van der Waals surface area (Å²) in [6, 6.07) is 9.24. The van der Waals surface area contributed by atoms with E-state index < -0.39 is 21.9 Å². The van der Waals surface area contributed by atoms with Crippen molar-refractivity contribution in [2.24, 2.45) is 0 Å². The van der Waals surface area contributed by atoms with Gasteiger partial charge in [0.15, 0.2) is 0 Å². The summed E-state index contributed by atoms with van der Waals surface area (Å²) in [6.45, 7) is -0.140. The Morgan fingerprint density at radius 3 is 2.63 bits per heavy atom. The molecule has 1 aromatic carbocycles. The molecule has 0 bridgehead atoms. The molecule has 8 nitrogen and oxygen atoms in total. The first kappa shape index (κ1) is 22.3. The molecule has 162 valence electrons. The molecule has 1 aliphatic heterocycles. The standard InChI is InChI=1S/C20H24FN3O5S/c21-14-4-7-16(8-5-14)30(27,28)23-12-10-15-6-9-17(19(13-25)29-15)24-20(26)18-3-1-2-11-22-18/h1-5,7-8,11,15,17,19,23,25H,6,9-10,12-13H2,(H,24,26)/t15-,17+,19+/m1/s1. The Kier molecular flexibility index (Phi) is 7.48. The number of nitrogens with zero attached hydrogens (tertiary/aromatic N) is 1. The van der Waals surface area contributed by atoms with Crippen LogP contribution in [0.5, 0.6) is 0 Å². The third kappa shape index (κ3) is 5.82. The highest BCUT2D eigenvalue weighted by Gasteiger charge is 2.32. The molecule has 1 fully saturated rings. The first-order valence-electron chi connectivity index (χ1n) is 9.62. The van der Waals surface area contributed by atoms with Crippen LogP contribution in [0.25, 0.3) is 0 Å². The minimum absolute atomic E-state index is 0.0148. The second-order valence-electron chi connectivity index (χ2n) is 6.99. The highest BCUT2D eigenvalue weighted by Crippen LogP contribution is 2.22. The average Bonchev–Trinajstić information content (AvgIpc) is 2.75. The molecular weight excluding hydrogens is 413 g/mol. The van der Waals surface area contributed by atoms with Crippen molar-refractivity contribution in [3.63, 3.8) is 0 Å². The number of hydrogen-bond acceptors (Lipinski definition) is 6. The number of halogens is 1. The molecule has 2 heterocycles. The molecule has 3 N–H and O–H groups in total. The van der Waals surface area contributed by atoms with Gasteiger partial charge in [-0.3, -0.25) is 9.78 Å². The van der Waals surface area contributed by atoms with Gasteiger partial charge >= 0.3 is 0 Å². The van der Waals surface area contributed by atoms with Gasteiger partial charge in [0.25, 0.3) is 5.91 Å². The van der Waals surface area contributed by atoms with Crippen LogP contribution in [0.4, 0.5) is 4.39 Å². The fourth-order valence-corrected chi connectivity index (χ4v) is 4.35. The molecule has 0 spiro atoms. The molecule has 10 heteroatoms. The van der Waals surface area contributed by atoms with Crippen LogP contribution in [-0.2, 0) is 14.8 Å². The Balaban J connectivity index is 1.49. The molecule has 3 rings (SSSR count). The minimum Gasteiger partial charge on any atom is -0.394 e. The number of hydrogen-bond donors (Lipinski definition) is 3. The highest BCUT2D eigenvalue weighted by molar-refractivity contribution is 7.89. The minimum atomic E-state index is -3.74. The van der Waals surface area contributed by atoms with E-state index in [9.17, 15) is 22.7 Å². The van der Waals surface area contributed by atoms with Crippen LogP contribution in [0.15, 0.2) is 53.6 Å². The number of rotatable bonds is 8. The van der Waals surface area contributed by atoms with E-state index in [4.69, 9.17) is 4.74 Å². The third-order valence-corrected chi connectivity index (χ3v) is 6.37. The lowest BCUT2D eigenvalue weighted by molar-refractivity contribution is -0.0891. The van der Waals surface area contributed by atoms with Gasteiger partial charge in [-0.05, 0) is 55.7 Å². The molecule has 1 aromatic heterocycles. The topological polar surface area (TPSA) is 118 Å². The van der Waals surface area contributed by atoms with Gasteiger partial charge in [-0.25, -0.2) is 17.5 Å². The van der Waals surface area contributed by atoms with E-state index in [1.807, 2.05) is 0 Å². The summed E-state index contributed by atoms with van der Waals surface area (Å²) < 4.78 is 45.8. The van der Waals surface area contributed by atoms with Gasteiger partial charge in [0, 0.05) is 12.7 Å². The molecule has 0 saturated carbocycles. The van der Waals surface area contributed by atoms with Crippen LogP contribution in [-0.4, -0.2) is 55.8 Å². The Bertz CT molecular complexity index is 941. The van der Waals surface area contributed by atoms with Crippen molar-refractivity contribution in [3.05, 3.63) is 60.2 Å². The highest BCUT2D eigenvalue weighted by atomic mass is 32.2. The first-order chi connectivity index (χ1) is 14.4. The molecule has 3 atom stereocenters. The Morgan fingerprint density at radius 1 is 1.20 bits per heavy atom. The SMILES string of the molecule is O=C(N[C@H]1CC[C@H](CCNS(=O)(=O)c2ccc(F)cc2)O[C@H]1CO)c1ccccn1. The van der Waals surface area contributed by atoms with Gasteiger partial charge in [0.05, 0.1) is 23.6 Å². The molecule has 1 amide bonds. The van der Waals surface area contributed by atoms with Crippen LogP contribution in [0.2, 0.25) is 0 Å². The van der Waals surface area contributed by atoms with Crippen molar-refractivity contribution in [2.75, 3.05) is 13.2 Å². The number of aliphatic hydroxyl groups excluding tert-OH is 1. The molecular formula is C20H24FN3O5S. The molecule has 30 heavy (non-hydrogen) atoms. The summed E-state index contributed by atoms with van der Waals surface area (Å²) in [5.74, 6) is -0.850. The second-order valence-corrected chi connectivity index (χ2v) is 8.76. The van der Waals surface area contributed by atoms with E-state index >= 15 is 0 Å². The van der Waals surface area contributed by atoms with Crippen molar-refractivity contribution in [3.8, 4) is 0 Å². The number of benzene rings is 1. The smallest absolute Gasteiger partial charge is 0.270 e. The first-order valence-corrected chi connectivity index (χ1v) is 11.1. The lowest BCUT2D eigenvalue weighted by atomic mass is 9.97. The van der Waals surface area contributed by atoms with Crippen molar-refractivity contribution in [1.29, 1.82) is 0 Å². The van der Waals surface area contributed by atoms with Gasteiger partial charge in [-0.1, -0.05) is 6.07 Å². The molecule has 1 aliphatic rings. The van der Waals surface area contributed by atoms with E-state index in [-0.39, 0.29) is 41.8 Å². The third-order valence-electron chi connectivity index (χ3n) is 4.89. The molecule has 0 unspecified atom stereocenters. The van der Waals surface area contributed by atoms with E-state index in [0.29, 0.717) is 19.3 Å². The maximum absolute atomic E-state index is 13.0. The zero-order valence-electron chi connectivity index (χ0n) is 16.2. The number of aromatic nitrogens is 1. The zero-order valence-corrected chi connectivity index (χ0v) is 17.0. The summed E-state index contributed by atoms with van der Waals surface area (Å²) in [6.07, 6.45) is 2.25. The Labute approximate surface area is 174 Å². The molecule has 2 aromatic rings. The number of ether oxygens (including phenoxy) is 1. The monoisotopic (exact) mass is 437 g/mol. The van der Waals surface area contributed by atoms with E-state index in [1.54, 1.807) is 18.2 Å². The normalized spacial score (nSPS) is 21.9. The van der Waals surface area contributed by atoms with Crippen LogP contribution in [0, 0.1) is 5.82 Å². The number of carbonyl (C=O) groups is 1. The van der Waals surface area contributed by atoms with Gasteiger partial charge in [0.1, 0.15) is 17.6 Å². The summed E-state index contributed by atoms with van der Waals surface area (Å²) in [5.41, 5.74) is 0.284. The molecule has 0 radical (unpaired) electrons. The van der Waals surface area contributed by atoms with Gasteiger partial charge in [0.2, 0.25) is 10.0 Å². The van der Waals surface area contributed by atoms with E-state index in [1.165, 1.54) is 18.3 Å². The summed E-state index contributed by atoms with van der Waals surface area (Å²) in [4.78, 5) is 16.3. The van der Waals surface area contributed by atoms with Crippen molar-refractivity contribution in [2.45, 2.75) is 42.4 Å². The predicted octanol–water partition coefficient (Wildman–Crippen LogP) is 1.23. The summed E-state index contributed by atoms with van der Waals surface area (Å²) in [7, 11) is -3.74. The number of pyridine rings is 1. The Hall–Kier alpha value is -2.40. The van der Waals surface area contributed by atoms with Crippen molar-refractivity contribution < 1.29 is 27.4 Å². The van der Waals surface area contributed by atoms with Crippen LogP contribution in [0.3, 0.4) is 0 Å². The number of sulfonamides is 1. The quantitative estimate of drug-likeness (QED) is 0.572. The summed E-state index contributed by atoms with van der Waals surface area (Å²) >= 11 is 0. The maximum atomic E-state index is 13.0. The number of aliphatic hydroxyl groups is 1. The number of nitrogens with one attached hydrogen (secondary N) is 2. The number of amides is 1. The van der Waals surface area contributed by atoms with Crippen LogP contribution >= 0.6 is 0 Å². The van der Waals surface area contributed by atoms with Crippen LogP contribution in [0.1, 0.15) is 29.8 Å². The van der Waals surface area contributed by atoms with E-state index in [0.717, 1.165) is 12.1 Å².